The lowest BCUT2D eigenvalue weighted by atomic mass is 9.84. The van der Waals surface area contributed by atoms with Crippen LogP contribution in [0.2, 0.25) is 0 Å². The summed E-state index contributed by atoms with van der Waals surface area (Å²) >= 11 is 0. The Morgan fingerprint density at radius 1 is 1.33 bits per heavy atom. The first kappa shape index (κ1) is 14.2. The molecular formula is C13H17NO4. The number of aliphatic carboxylic acids is 1. The molecule has 5 heteroatoms. The fraction of sp³-hybridized carbons (Fsp3) is 0.385. The van der Waals surface area contributed by atoms with Crippen molar-refractivity contribution in [3.8, 4) is 0 Å². The zero-order valence-electron chi connectivity index (χ0n) is 10.6. The van der Waals surface area contributed by atoms with Gasteiger partial charge in [-0.05, 0) is 12.5 Å². The number of carboxylic acid groups (broad SMARTS) is 1. The van der Waals surface area contributed by atoms with Gasteiger partial charge in [0.15, 0.2) is 5.54 Å². The van der Waals surface area contributed by atoms with E-state index in [1.807, 2.05) is 0 Å². The van der Waals surface area contributed by atoms with E-state index < -0.39 is 23.5 Å². The molecule has 1 amide bonds. The Bertz CT molecular complexity index is 432. The smallest absolute Gasteiger partial charge is 0.336 e. The number of carbonyl (C=O) groups excluding carboxylic acids is 1. The van der Waals surface area contributed by atoms with E-state index in [2.05, 4.69) is 5.32 Å². The molecule has 1 aromatic rings. The second kappa shape index (κ2) is 5.64. The Morgan fingerprint density at radius 2 is 1.89 bits per heavy atom. The van der Waals surface area contributed by atoms with Gasteiger partial charge in [0.2, 0.25) is 5.91 Å². The molecule has 0 aliphatic heterocycles. The van der Waals surface area contributed by atoms with Crippen molar-refractivity contribution in [3.63, 3.8) is 0 Å². The molecule has 0 aliphatic carbocycles. The van der Waals surface area contributed by atoms with Gasteiger partial charge in [-0.25, -0.2) is 4.79 Å². The monoisotopic (exact) mass is 251 g/mol. The molecular weight excluding hydrogens is 234 g/mol. The molecule has 0 aliphatic rings. The number of rotatable bonds is 5. The van der Waals surface area contributed by atoms with Crippen LogP contribution in [0.15, 0.2) is 30.3 Å². The highest BCUT2D eigenvalue weighted by Crippen LogP contribution is 2.27. The maximum Gasteiger partial charge on any atom is 0.336 e. The van der Waals surface area contributed by atoms with E-state index in [0.29, 0.717) is 5.56 Å². The van der Waals surface area contributed by atoms with Crippen molar-refractivity contribution in [1.29, 1.82) is 0 Å². The van der Waals surface area contributed by atoms with Gasteiger partial charge in [0, 0.05) is 14.0 Å². The third-order valence-electron chi connectivity index (χ3n) is 2.90. The lowest BCUT2D eigenvalue weighted by Gasteiger charge is -2.35. The van der Waals surface area contributed by atoms with Gasteiger partial charge in [-0.1, -0.05) is 30.3 Å². The van der Waals surface area contributed by atoms with E-state index in [1.165, 1.54) is 14.0 Å². The van der Waals surface area contributed by atoms with Crippen molar-refractivity contribution in [2.24, 2.45) is 0 Å². The lowest BCUT2D eigenvalue weighted by Crippen LogP contribution is -2.58. The highest BCUT2D eigenvalue weighted by Gasteiger charge is 2.46. The molecule has 2 unspecified atom stereocenters. The van der Waals surface area contributed by atoms with E-state index in [1.54, 1.807) is 37.3 Å². The number of hydrogen-bond acceptors (Lipinski definition) is 3. The minimum atomic E-state index is -1.58. The third kappa shape index (κ3) is 2.51. The van der Waals surface area contributed by atoms with Gasteiger partial charge in [0.05, 0.1) is 6.10 Å². The number of benzene rings is 1. The summed E-state index contributed by atoms with van der Waals surface area (Å²) in [6.45, 7) is 2.89. The normalized spacial score (nSPS) is 15.5. The number of ether oxygens (including phenoxy) is 1. The van der Waals surface area contributed by atoms with Gasteiger partial charge < -0.3 is 15.2 Å². The summed E-state index contributed by atoms with van der Waals surface area (Å²) in [7, 11) is 1.41. The molecule has 2 N–H and O–H groups in total. The number of methoxy groups -OCH3 is 1. The second-order valence-electron chi connectivity index (χ2n) is 4.04. The van der Waals surface area contributed by atoms with Gasteiger partial charge in [0.1, 0.15) is 0 Å². The van der Waals surface area contributed by atoms with Crippen LogP contribution < -0.4 is 5.32 Å². The van der Waals surface area contributed by atoms with E-state index >= 15 is 0 Å². The van der Waals surface area contributed by atoms with Gasteiger partial charge >= 0.3 is 5.97 Å². The Labute approximate surface area is 106 Å². The first-order valence-electron chi connectivity index (χ1n) is 5.55. The summed E-state index contributed by atoms with van der Waals surface area (Å²) in [6, 6.07) is 8.52. The summed E-state index contributed by atoms with van der Waals surface area (Å²) in [4.78, 5) is 23.0. The van der Waals surface area contributed by atoms with Crippen molar-refractivity contribution in [2.45, 2.75) is 25.5 Å². The predicted octanol–water partition coefficient (Wildman–Crippen LogP) is 1.14. The number of hydrogen-bond donors (Lipinski definition) is 2. The lowest BCUT2D eigenvalue weighted by molar-refractivity contribution is -0.154. The average molecular weight is 251 g/mol. The predicted molar refractivity (Wildman–Crippen MR) is 66.0 cm³/mol. The molecule has 0 heterocycles. The number of carbonyl (C=O) groups is 2. The average Bonchev–Trinajstić information content (AvgIpc) is 2.35. The molecule has 98 valence electrons. The fourth-order valence-electron chi connectivity index (χ4n) is 1.91. The van der Waals surface area contributed by atoms with E-state index in [0.717, 1.165) is 0 Å². The summed E-state index contributed by atoms with van der Waals surface area (Å²) in [6.07, 6.45) is -0.707. The van der Waals surface area contributed by atoms with Gasteiger partial charge in [-0.2, -0.15) is 0 Å². The van der Waals surface area contributed by atoms with Crippen molar-refractivity contribution in [2.75, 3.05) is 7.11 Å². The maximum atomic E-state index is 11.7. The Hall–Kier alpha value is -1.88. The van der Waals surface area contributed by atoms with E-state index in [9.17, 15) is 14.7 Å². The molecule has 0 spiro atoms. The van der Waals surface area contributed by atoms with Crippen molar-refractivity contribution in [3.05, 3.63) is 35.9 Å². The van der Waals surface area contributed by atoms with Crippen LogP contribution >= 0.6 is 0 Å². The molecule has 5 nitrogen and oxygen atoms in total. The number of amides is 1. The van der Waals surface area contributed by atoms with E-state index in [4.69, 9.17) is 4.74 Å². The zero-order valence-corrected chi connectivity index (χ0v) is 10.6. The van der Waals surface area contributed by atoms with Crippen molar-refractivity contribution in [1.82, 2.24) is 5.32 Å². The molecule has 1 aromatic carbocycles. The van der Waals surface area contributed by atoms with Crippen LogP contribution in [0.4, 0.5) is 0 Å². The maximum absolute atomic E-state index is 11.7. The summed E-state index contributed by atoms with van der Waals surface area (Å²) in [5.74, 6) is -1.58. The molecule has 0 saturated heterocycles. The quantitative estimate of drug-likeness (QED) is 0.822. The molecule has 1 rings (SSSR count). The van der Waals surface area contributed by atoms with E-state index in [-0.39, 0.29) is 0 Å². The SMILES string of the molecule is COC(C)C(NC(C)=O)(C(=O)O)c1ccccc1. The van der Waals surface area contributed by atoms with Crippen LogP contribution in [0.1, 0.15) is 19.4 Å². The van der Waals surface area contributed by atoms with Gasteiger partial charge in [-0.3, -0.25) is 4.79 Å². The molecule has 18 heavy (non-hydrogen) atoms. The van der Waals surface area contributed by atoms with Crippen LogP contribution in [-0.4, -0.2) is 30.2 Å². The second-order valence-corrected chi connectivity index (χ2v) is 4.04. The van der Waals surface area contributed by atoms with Crippen LogP contribution in [0.3, 0.4) is 0 Å². The summed E-state index contributed by atoms with van der Waals surface area (Å²) in [5.41, 5.74) is -1.11. The summed E-state index contributed by atoms with van der Waals surface area (Å²) < 4.78 is 5.14. The van der Waals surface area contributed by atoms with Crippen LogP contribution in [-0.2, 0) is 19.9 Å². The first-order chi connectivity index (χ1) is 8.45. The molecule has 0 aromatic heterocycles. The minimum Gasteiger partial charge on any atom is -0.479 e. The topological polar surface area (TPSA) is 75.6 Å². The zero-order chi connectivity index (χ0) is 13.8. The van der Waals surface area contributed by atoms with Crippen LogP contribution in [0.5, 0.6) is 0 Å². The first-order valence-corrected chi connectivity index (χ1v) is 5.55. The van der Waals surface area contributed by atoms with Gasteiger partial charge in [0.25, 0.3) is 0 Å². The molecule has 0 saturated carbocycles. The Morgan fingerprint density at radius 3 is 2.28 bits per heavy atom. The van der Waals surface area contributed by atoms with Crippen LogP contribution in [0.25, 0.3) is 0 Å². The highest BCUT2D eigenvalue weighted by molar-refractivity contribution is 5.88. The van der Waals surface area contributed by atoms with Crippen molar-refractivity contribution >= 4 is 11.9 Å². The fourth-order valence-corrected chi connectivity index (χ4v) is 1.91. The molecule has 0 radical (unpaired) electrons. The standard InChI is InChI=1S/C13H17NO4/c1-9(18-3)13(12(16)17,14-10(2)15)11-7-5-4-6-8-11/h4-9H,1-3H3,(H,14,15)(H,16,17). The molecule has 0 bridgehead atoms. The number of nitrogens with one attached hydrogen (secondary N) is 1. The highest BCUT2D eigenvalue weighted by atomic mass is 16.5. The van der Waals surface area contributed by atoms with Crippen LogP contribution in [0, 0.1) is 0 Å². The number of carboxylic acids is 1. The van der Waals surface area contributed by atoms with Crippen molar-refractivity contribution < 1.29 is 19.4 Å². The van der Waals surface area contributed by atoms with Gasteiger partial charge in [-0.15, -0.1) is 0 Å². The summed E-state index contributed by atoms with van der Waals surface area (Å²) in [5, 5.41) is 12.0. The Kier molecular flexibility index (Phi) is 4.44. The minimum absolute atomic E-state index is 0.426. The molecule has 2 atom stereocenters. The molecule has 0 fully saturated rings. The largest absolute Gasteiger partial charge is 0.479 e. The third-order valence-corrected chi connectivity index (χ3v) is 2.90. The Balaban J connectivity index is 3.38.